The van der Waals surface area contributed by atoms with Crippen LogP contribution in [0, 0.1) is 0 Å². The Kier molecular flexibility index (Phi) is 18.0. The predicted octanol–water partition coefficient (Wildman–Crippen LogP) is 5.94. The minimum atomic E-state index is -0.224. The maximum atomic E-state index is 11.3. The first-order valence-electron chi connectivity index (χ1n) is 10.6. The van der Waals surface area contributed by atoms with Gasteiger partial charge in [-0.1, -0.05) is 74.8 Å². The number of carbonyl (C=O) groups is 1. The smallest absolute Gasteiger partial charge is 0.234 e. The van der Waals surface area contributed by atoms with E-state index < -0.39 is 0 Å². The molecule has 2 N–H and O–H groups in total. The first-order valence-corrected chi connectivity index (χ1v) is 10.6. The maximum Gasteiger partial charge on any atom is 0.234 e. The van der Waals surface area contributed by atoms with E-state index in [9.17, 15) is 4.79 Å². The van der Waals surface area contributed by atoms with Gasteiger partial charge >= 0.3 is 0 Å². The summed E-state index contributed by atoms with van der Waals surface area (Å²) in [6.45, 7) is 2.24. The lowest BCUT2D eigenvalue weighted by Crippen LogP contribution is -2.40. The van der Waals surface area contributed by atoms with Crippen molar-refractivity contribution in [3.63, 3.8) is 0 Å². The molecule has 0 aromatic rings. The van der Waals surface area contributed by atoms with Crippen molar-refractivity contribution in [2.24, 2.45) is 5.73 Å². The number of hydrogen-bond acceptors (Lipinski definition) is 2. The largest absolute Gasteiger partial charge is 0.368 e. The van der Waals surface area contributed by atoms with E-state index in [0.29, 0.717) is 0 Å². The Hall–Kier alpha value is -1.61. The fraction of sp³-hybridized carbons (Fsp3) is 0.625. The van der Waals surface area contributed by atoms with E-state index in [1.807, 2.05) is 19.0 Å². The number of nitrogens with zero attached hydrogens (tertiary/aromatic N) is 1. The SMILES string of the molecule is CCCCC/C=C\C/C=C\C/C=C\C/C=C\CCCCC(C(N)=O)N(C)C. The van der Waals surface area contributed by atoms with Crippen molar-refractivity contribution in [1.82, 2.24) is 4.90 Å². The van der Waals surface area contributed by atoms with Crippen LogP contribution in [-0.4, -0.2) is 30.9 Å². The van der Waals surface area contributed by atoms with Gasteiger partial charge in [0, 0.05) is 0 Å². The second kappa shape index (κ2) is 19.2. The van der Waals surface area contributed by atoms with E-state index in [1.165, 1.54) is 25.7 Å². The number of likely N-dealkylation sites (N-methyl/N-ethyl adjacent to an activating group) is 1. The van der Waals surface area contributed by atoms with Crippen LogP contribution in [0.3, 0.4) is 0 Å². The first-order chi connectivity index (χ1) is 13.1. The minimum absolute atomic E-state index is 0.137. The highest BCUT2D eigenvalue weighted by Gasteiger charge is 2.16. The molecule has 0 fully saturated rings. The van der Waals surface area contributed by atoms with Crippen LogP contribution in [0.5, 0.6) is 0 Å². The van der Waals surface area contributed by atoms with E-state index in [1.54, 1.807) is 0 Å². The number of nitrogens with two attached hydrogens (primary N) is 1. The molecule has 1 atom stereocenters. The third-order valence-corrected chi connectivity index (χ3v) is 4.51. The highest BCUT2D eigenvalue weighted by Crippen LogP contribution is 2.08. The Bertz CT molecular complexity index is 461. The van der Waals surface area contributed by atoms with Crippen LogP contribution in [0.4, 0.5) is 0 Å². The fourth-order valence-electron chi connectivity index (χ4n) is 2.82. The summed E-state index contributed by atoms with van der Waals surface area (Å²) < 4.78 is 0. The van der Waals surface area contributed by atoms with Crippen molar-refractivity contribution in [1.29, 1.82) is 0 Å². The lowest BCUT2D eigenvalue weighted by atomic mass is 10.1. The number of allylic oxidation sites excluding steroid dienone is 8. The lowest BCUT2D eigenvalue weighted by Gasteiger charge is -2.20. The van der Waals surface area contributed by atoms with Crippen LogP contribution in [0.15, 0.2) is 48.6 Å². The maximum absolute atomic E-state index is 11.3. The molecule has 0 aromatic heterocycles. The molecule has 0 aliphatic heterocycles. The zero-order chi connectivity index (χ0) is 20.2. The molecule has 0 rings (SSSR count). The first kappa shape index (κ1) is 25.4. The highest BCUT2D eigenvalue weighted by molar-refractivity contribution is 5.79. The second-order valence-corrected chi connectivity index (χ2v) is 7.25. The van der Waals surface area contributed by atoms with Crippen molar-refractivity contribution in [2.75, 3.05) is 14.1 Å². The average Bonchev–Trinajstić information content (AvgIpc) is 2.63. The van der Waals surface area contributed by atoms with Gasteiger partial charge in [0.05, 0.1) is 6.04 Å². The van der Waals surface area contributed by atoms with Crippen LogP contribution in [0.25, 0.3) is 0 Å². The van der Waals surface area contributed by atoms with Crippen LogP contribution in [0.2, 0.25) is 0 Å². The molecule has 0 spiro atoms. The quantitative estimate of drug-likeness (QED) is 0.253. The molecule has 1 amide bonds. The Morgan fingerprint density at radius 3 is 1.63 bits per heavy atom. The van der Waals surface area contributed by atoms with Crippen molar-refractivity contribution in [3.05, 3.63) is 48.6 Å². The van der Waals surface area contributed by atoms with Gasteiger partial charge in [0.15, 0.2) is 0 Å². The molecule has 1 unspecified atom stereocenters. The van der Waals surface area contributed by atoms with Gasteiger partial charge in [0.2, 0.25) is 5.91 Å². The molecule has 0 saturated heterocycles. The van der Waals surface area contributed by atoms with Gasteiger partial charge in [-0.3, -0.25) is 9.69 Å². The highest BCUT2D eigenvalue weighted by atomic mass is 16.1. The monoisotopic (exact) mass is 374 g/mol. The molecule has 3 nitrogen and oxygen atoms in total. The number of amides is 1. The zero-order valence-corrected chi connectivity index (χ0v) is 17.9. The molecule has 3 heteroatoms. The van der Waals surface area contributed by atoms with E-state index in [2.05, 4.69) is 55.5 Å². The molecule has 0 bridgehead atoms. The molecule has 0 aliphatic carbocycles. The van der Waals surface area contributed by atoms with E-state index in [-0.39, 0.29) is 11.9 Å². The van der Waals surface area contributed by atoms with Crippen molar-refractivity contribution >= 4 is 5.91 Å². The van der Waals surface area contributed by atoms with Crippen LogP contribution >= 0.6 is 0 Å². The molecule has 0 aliphatic rings. The van der Waals surface area contributed by atoms with Crippen LogP contribution < -0.4 is 5.73 Å². The van der Waals surface area contributed by atoms with Gasteiger partial charge in [0.25, 0.3) is 0 Å². The minimum Gasteiger partial charge on any atom is -0.368 e. The number of primary amides is 1. The van der Waals surface area contributed by atoms with Gasteiger partial charge in [-0.2, -0.15) is 0 Å². The number of unbranched alkanes of at least 4 members (excludes halogenated alkanes) is 5. The molecule has 0 saturated carbocycles. The van der Waals surface area contributed by atoms with E-state index in [0.717, 1.165) is 44.9 Å². The third kappa shape index (κ3) is 17.6. The number of carbonyl (C=O) groups excluding carboxylic acids is 1. The summed E-state index contributed by atoms with van der Waals surface area (Å²) in [5.74, 6) is -0.224. The predicted molar refractivity (Wildman–Crippen MR) is 120 cm³/mol. The van der Waals surface area contributed by atoms with Gasteiger partial charge in [-0.25, -0.2) is 0 Å². The summed E-state index contributed by atoms with van der Waals surface area (Å²) in [5.41, 5.74) is 5.40. The Balaban J connectivity index is 3.57. The fourth-order valence-corrected chi connectivity index (χ4v) is 2.82. The zero-order valence-electron chi connectivity index (χ0n) is 17.9. The summed E-state index contributed by atoms with van der Waals surface area (Å²) in [6.07, 6.45) is 30.2. The molecule has 0 aromatic carbocycles. The normalized spacial score (nSPS) is 13.8. The molecular formula is C24H42N2O. The summed E-state index contributed by atoms with van der Waals surface area (Å²) in [6, 6.07) is -0.137. The van der Waals surface area contributed by atoms with E-state index in [4.69, 9.17) is 5.73 Å². The topological polar surface area (TPSA) is 46.3 Å². The Morgan fingerprint density at radius 1 is 0.778 bits per heavy atom. The van der Waals surface area contributed by atoms with Crippen LogP contribution in [-0.2, 0) is 4.79 Å². The van der Waals surface area contributed by atoms with Gasteiger partial charge < -0.3 is 5.73 Å². The summed E-state index contributed by atoms with van der Waals surface area (Å²) in [7, 11) is 3.81. The lowest BCUT2D eigenvalue weighted by molar-refractivity contribution is -0.122. The standard InChI is InChI=1S/C24H42N2O/c1-4-5-6-7-8-9-10-11-12-13-14-15-16-17-18-19-20-21-22-23(24(25)27)26(2)3/h8-9,11-12,14-15,17-18,23H,4-7,10,13,16,19-22H2,1-3H3,(H2,25,27)/b9-8-,12-11-,15-14-,18-17-. The Labute approximate surface area is 168 Å². The molecule has 0 heterocycles. The third-order valence-electron chi connectivity index (χ3n) is 4.51. The molecule has 154 valence electrons. The van der Waals surface area contributed by atoms with E-state index >= 15 is 0 Å². The van der Waals surface area contributed by atoms with Crippen molar-refractivity contribution in [3.8, 4) is 0 Å². The van der Waals surface area contributed by atoms with Crippen LogP contribution in [0.1, 0.15) is 77.6 Å². The van der Waals surface area contributed by atoms with Crippen molar-refractivity contribution in [2.45, 2.75) is 83.6 Å². The molecule has 27 heavy (non-hydrogen) atoms. The van der Waals surface area contributed by atoms with Gasteiger partial charge in [0.1, 0.15) is 0 Å². The molecular weight excluding hydrogens is 332 g/mol. The average molecular weight is 375 g/mol. The summed E-state index contributed by atoms with van der Waals surface area (Å²) in [5, 5.41) is 0. The number of rotatable bonds is 17. The molecule has 0 radical (unpaired) electrons. The summed E-state index contributed by atoms with van der Waals surface area (Å²) in [4.78, 5) is 13.2. The second-order valence-electron chi connectivity index (χ2n) is 7.25. The Morgan fingerprint density at radius 2 is 1.22 bits per heavy atom. The number of hydrogen-bond donors (Lipinski definition) is 1. The van der Waals surface area contributed by atoms with Gasteiger partial charge in [-0.05, 0) is 65.5 Å². The summed E-state index contributed by atoms with van der Waals surface area (Å²) >= 11 is 0. The van der Waals surface area contributed by atoms with Crippen molar-refractivity contribution < 1.29 is 4.79 Å². The van der Waals surface area contributed by atoms with Gasteiger partial charge in [-0.15, -0.1) is 0 Å².